The number of fused-ring (bicyclic) bond motifs is 2. The van der Waals surface area contributed by atoms with E-state index in [4.69, 9.17) is 5.73 Å². The predicted molar refractivity (Wildman–Crippen MR) is 144 cm³/mol. The van der Waals surface area contributed by atoms with Crippen molar-refractivity contribution in [2.75, 3.05) is 5.73 Å². The first kappa shape index (κ1) is 21.3. The van der Waals surface area contributed by atoms with Gasteiger partial charge in [-0.2, -0.15) is 0 Å². The molecule has 0 aromatic heterocycles. The second-order valence-corrected chi connectivity index (χ2v) is 9.37. The molecule has 5 aromatic rings. The van der Waals surface area contributed by atoms with Crippen molar-refractivity contribution < 1.29 is 0 Å². The summed E-state index contributed by atoms with van der Waals surface area (Å²) < 4.78 is 0. The Morgan fingerprint density at radius 2 is 1.12 bits per heavy atom. The highest BCUT2D eigenvalue weighted by atomic mass is 14.6. The van der Waals surface area contributed by atoms with Gasteiger partial charge >= 0.3 is 0 Å². The van der Waals surface area contributed by atoms with E-state index in [1.165, 1.54) is 71.6 Å². The van der Waals surface area contributed by atoms with Crippen LogP contribution in [0.2, 0.25) is 0 Å². The molecule has 164 valence electrons. The van der Waals surface area contributed by atoms with Crippen LogP contribution in [-0.2, 0) is 6.42 Å². The summed E-state index contributed by atoms with van der Waals surface area (Å²) in [5, 5.41) is 5.17. The average Bonchev–Trinajstić information content (AvgIpc) is 2.84. The van der Waals surface area contributed by atoms with Gasteiger partial charge in [0, 0.05) is 5.69 Å². The smallest absolute Gasteiger partial charge is 0.0379 e. The number of rotatable bonds is 3. The molecule has 0 saturated heterocycles. The summed E-state index contributed by atoms with van der Waals surface area (Å²) in [4.78, 5) is 0. The zero-order valence-electron chi connectivity index (χ0n) is 20.2. The van der Waals surface area contributed by atoms with Crippen LogP contribution in [0.1, 0.15) is 38.9 Å². The maximum atomic E-state index is 6.54. The Kier molecular flexibility index (Phi) is 5.21. The van der Waals surface area contributed by atoms with E-state index in [2.05, 4.69) is 107 Å². The van der Waals surface area contributed by atoms with Crippen LogP contribution in [0, 0.1) is 34.6 Å². The van der Waals surface area contributed by atoms with Gasteiger partial charge in [0.25, 0.3) is 0 Å². The molecule has 0 fully saturated rings. The molecule has 0 unspecified atom stereocenters. The van der Waals surface area contributed by atoms with Gasteiger partial charge in [0.2, 0.25) is 0 Å². The number of benzene rings is 5. The second kappa shape index (κ2) is 8.08. The third-order valence-electron chi connectivity index (χ3n) is 7.61. The van der Waals surface area contributed by atoms with Crippen molar-refractivity contribution in [3.8, 4) is 11.1 Å². The number of anilines is 1. The van der Waals surface area contributed by atoms with Crippen molar-refractivity contribution in [1.82, 2.24) is 0 Å². The van der Waals surface area contributed by atoms with Gasteiger partial charge in [0.15, 0.2) is 0 Å². The molecule has 0 radical (unpaired) electrons. The van der Waals surface area contributed by atoms with Crippen molar-refractivity contribution in [2.24, 2.45) is 0 Å². The van der Waals surface area contributed by atoms with Crippen LogP contribution in [0.3, 0.4) is 0 Å². The van der Waals surface area contributed by atoms with Crippen LogP contribution < -0.4 is 5.73 Å². The number of aryl methyl sites for hydroxylation is 1. The van der Waals surface area contributed by atoms with Crippen LogP contribution in [0.5, 0.6) is 0 Å². The van der Waals surface area contributed by atoms with E-state index in [1.807, 2.05) is 0 Å². The zero-order valence-corrected chi connectivity index (χ0v) is 20.2. The fourth-order valence-corrected chi connectivity index (χ4v) is 5.36. The Bertz CT molecular complexity index is 1510. The van der Waals surface area contributed by atoms with Crippen molar-refractivity contribution in [3.05, 3.63) is 112 Å². The van der Waals surface area contributed by atoms with Gasteiger partial charge in [-0.25, -0.2) is 0 Å². The largest absolute Gasteiger partial charge is 0.398 e. The molecule has 0 heterocycles. The summed E-state index contributed by atoms with van der Waals surface area (Å²) >= 11 is 0. The van der Waals surface area contributed by atoms with E-state index in [1.54, 1.807) is 0 Å². The molecule has 0 saturated carbocycles. The second-order valence-electron chi connectivity index (χ2n) is 9.37. The van der Waals surface area contributed by atoms with Gasteiger partial charge in [-0.1, -0.05) is 72.8 Å². The maximum Gasteiger partial charge on any atom is 0.0379 e. The lowest BCUT2D eigenvalue weighted by molar-refractivity contribution is 1.09. The third kappa shape index (κ3) is 3.40. The average molecular weight is 430 g/mol. The highest BCUT2D eigenvalue weighted by molar-refractivity contribution is 6.07. The van der Waals surface area contributed by atoms with Crippen LogP contribution in [-0.4, -0.2) is 0 Å². The van der Waals surface area contributed by atoms with E-state index in [0.717, 1.165) is 12.1 Å². The van der Waals surface area contributed by atoms with Gasteiger partial charge in [-0.05, 0) is 113 Å². The first-order chi connectivity index (χ1) is 15.9. The Balaban J connectivity index is 1.85. The molecule has 5 aromatic carbocycles. The lowest BCUT2D eigenvalue weighted by Gasteiger charge is -2.22. The Morgan fingerprint density at radius 3 is 1.79 bits per heavy atom. The zero-order chi connectivity index (χ0) is 23.3. The topological polar surface area (TPSA) is 26.0 Å². The molecule has 33 heavy (non-hydrogen) atoms. The molecule has 0 spiro atoms. The van der Waals surface area contributed by atoms with E-state index in [9.17, 15) is 0 Å². The molecule has 0 amide bonds. The molecule has 0 aliphatic carbocycles. The summed E-state index contributed by atoms with van der Waals surface area (Å²) in [5.41, 5.74) is 19.2. The first-order valence-corrected chi connectivity index (χ1v) is 11.7. The fourth-order valence-electron chi connectivity index (χ4n) is 5.36. The highest BCUT2D eigenvalue weighted by Gasteiger charge is 2.19. The molecule has 5 rings (SSSR count). The van der Waals surface area contributed by atoms with E-state index < -0.39 is 0 Å². The number of nitrogen functional groups attached to an aromatic ring is 1. The Labute approximate surface area is 196 Å². The summed E-state index contributed by atoms with van der Waals surface area (Å²) in [5.74, 6) is 0. The van der Waals surface area contributed by atoms with E-state index >= 15 is 0 Å². The van der Waals surface area contributed by atoms with Gasteiger partial charge in [0.1, 0.15) is 0 Å². The highest BCUT2D eigenvalue weighted by Crippen LogP contribution is 2.40. The minimum Gasteiger partial charge on any atom is -0.398 e. The van der Waals surface area contributed by atoms with Crippen LogP contribution in [0.15, 0.2) is 72.8 Å². The molecule has 1 nitrogen and oxygen atoms in total. The monoisotopic (exact) mass is 429 g/mol. The van der Waals surface area contributed by atoms with Crippen molar-refractivity contribution in [2.45, 2.75) is 41.0 Å². The minimum atomic E-state index is 0.867. The summed E-state index contributed by atoms with van der Waals surface area (Å²) in [6.07, 6.45) is 0.867. The molecule has 0 bridgehead atoms. The third-order valence-corrected chi connectivity index (χ3v) is 7.61. The number of hydrogen-bond acceptors (Lipinski definition) is 1. The molecule has 0 aliphatic heterocycles. The normalized spacial score (nSPS) is 11.4. The Morgan fingerprint density at radius 1 is 0.545 bits per heavy atom. The molecular formula is C32H31N. The fraction of sp³-hybridized carbons (Fsp3) is 0.188. The summed E-state index contributed by atoms with van der Waals surface area (Å²) in [6, 6.07) is 26.6. The van der Waals surface area contributed by atoms with Gasteiger partial charge in [0.05, 0.1) is 0 Å². The number of nitrogens with two attached hydrogens (primary N) is 1. The standard InChI is InChI=1S/C32H31N/c1-19-14-15-24-10-6-8-12-27(24)30(19)31-26(17-16-25-11-7-9-13-28(25)31)18-29-21(3)20(2)22(4)32(33)23(29)5/h6-17H,18,33H2,1-5H3. The van der Waals surface area contributed by atoms with Gasteiger partial charge in [-0.15, -0.1) is 0 Å². The van der Waals surface area contributed by atoms with Crippen LogP contribution in [0.25, 0.3) is 32.7 Å². The van der Waals surface area contributed by atoms with Crippen molar-refractivity contribution >= 4 is 27.2 Å². The molecule has 1 heteroatoms. The predicted octanol–water partition coefficient (Wildman–Crippen LogP) is 8.38. The van der Waals surface area contributed by atoms with E-state index in [0.29, 0.717) is 0 Å². The van der Waals surface area contributed by atoms with Crippen molar-refractivity contribution in [1.29, 1.82) is 0 Å². The molecular weight excluding hydrogens is 398 g/mol. The first-order valence-electron chi connectivity index (χ1n) is 11.7. The summed E-state index contributed by atoms with van der Waals surface area (Å²) in [6.45, 7) is 11.0. The maximum absolute atomic E-state index is 6.54. The lowest BCUT2D eigenvalue weighted by Crippen LogP contribution is -2.06. The minimum absolute atomic E-state index is 0.867. The van der Waals surface area contributed by atoms with Crippen LogP contribution in [0.4, 0.5) is 5.69 Å². The lowest BCUT2D eigenvalue weighted by atomic mass is 9.83. The molecule has 0 atom stereocenters. The number of hydrogen-bond donors (Lipinski definition) is 1. The molecule has 2 N–H and O–H groups in total. The van der Waals surface area contributed by atoms with Crippen molar-refractivity contribution in [3.63, 3.8) is 0 Å². The molecule has 0 aliphatic rings. The van der Waals surface area contributed by atoms with Gasteiger partial charge in [-0.3, -0.25) is 0 Å². The SMILES string of the molecule is Cc1ccc2ccccc2c1-c1c(Cc2c(C)c(C)c(C)c(N)c2C)ccc2ccccc12. The van der Waals surface area contributed by atoms with Crippen LogP contribution >= 0.6 is 0 Å². The van der Waals surface area contributed by atoms with Gasteiger partial charge < -0.3 is 5.73 Å². The summed E-state index contributed by atoms with van der Waals surface area (Å²) in [7, 11) is 0. The van der Waals surface area contributed by atoms with E-state index in [-0.39, 0.29) is 0 Å². The quantitative estimate of drug-likeness (QED) is 0.286. The Hall–Kier alpha value is -3.58.